The van der Waals surface area contributed by atoms with E-state index in [2.05, 4.69) is 10.3 Å². The SMILES string of the molecule is O=S(=O)(CCO)c1cccc(OC[C@@H](O)CN[C@H]2COC3(CCN(S(=O)(=O)c4cccc5cnccc45)CC3)C2)c1. The average Bonchev–Trinajstić information content (AvgIpc) is 3.37. The van der Waals surface area contributed by atoms with Gasteiger partial charge >= 0.3 is 0 Å². The van der Waals surface area contributed by atoms with Gasteiger partial charge in [-0.1, -0.05) is 18.2 Å². The van der Waals surface area contributed by atoms with Crippen LogP contribution in [-0.2, 0) is 24.6 Å². The van der Waals surface area contributed by atoms with Gasteiger partial charge in [0.05, 0.1) is 34.4 Å². The molecule has 2 aliphatic heterocycles. The van der Waals surface area contributed by atoms with E-state index >= 15 is 0 Å². The first-order valence-electron chi connectivity index (χ1n) is 13.6. The van der Waals surface area contributed by atoms with Gasteiger partial charge in [0.1, 0.15) is 18.5 Å². The third-order valence-electron chi connectivity index (χ3n) is 7.71. The Labute approximate surface area is 240 Å². The third-order valence-corrected chi connectivity index (χ3v) is 11.4. The summed E-state index contributed by atoms with van der Waals surface area (Å²) < 4.78 is 64.6. The Morgan fingerprint density at radius 2 is 1.90 bits per heavy atom. The fraction of sp³-hybridized carbons (Fsp3) is 0.464. The molecule has 0 radical (unpaired) electrons. The van der Waals surface area contributed by atoms with Crippen LogP contribution in [0.25, 0.3) is 10.8 Å². The standard InChI is InChI=1S/C28H35N3O8S2/c32-13-14-40(34,35)25-5-2-4-24(15-25)38-20-23(33)18-30-22-16-28(39-19-22)8-11-31(12-9-28)41(36,37)27-6-1-3-21-17-29-10-7-26(21)27/h1-7,10,15,17,22-23,30,32-33H,8-9,11-14,16,18-20H2/t22-,23+/m1/s1. The molecule has 3 aromatic rings. The maximum Gasteiger partial charge on any atom is 0.243 e. The van der Waals surface area contributed by atoms with E-state index in [1.54, 1.807) is 42.7 Å². The molecule has 2 saturated heterocycles. The zero-order valence-corrected chi connectivity index (χ0v) is 24.2. The van der Waals surface area contributed by atoms with Crippen molar-refractivity contribution in [3.63, 3.8) is 0 Å². The van der Waals surface area contributed by atoms with Gasteiger partial charge in [0.15, 0.2) is 9.84 Å². The summed E-state index contributed by atoms with van der Waals surface area (Å²) in [4.78, 5) is 4.43. The first-order valence-corrected chi connectivity index (χ1v) is 16.7. The molecule has 41 heavy (non-hydrogen) atoms. The average molecular weight is 606 g/mol. The van der Waals surface area contributed by atoms with Gasteiger partial charge in [-0.25, -0.2) is 16.8 Å². The molecule has 2 aromatic carbocycles. The minimum Gasteiger partial charge on any atom is -0.491 e. The van der Waals surface area contributed by atoms with E-state index in [0.717, 1.165) is 5.39 Å². The number of nitrogens with zero attached hydrogens (tertiary/aromatic N) is 2. The maximum atomic E-state index is 13.5. The van der Waals surface area contributed by atoms with E-state index in [9.17, 15) is 21.9 Å². The van der Waals surface area contributed by atoms with Crippen LogP contribution in [0.2, 0.25) is 0 Å². The summed E-state index contributed by atoms with van der Waals surface area (Å²) in [6, 6.07) is 12.9. The molecule has 2 atom stereocenters. The second kappa shape index (κ2) is 12.3. The molecular formula is C28H35N3O8S2. The van der Waals surface area contributed by atoms with Crippen LogP contribution in [0, 0.1) is 0 Å². The van der Waals surface area contributed by atoms with Gasteiger partial charge in [0.2, 0.25) is 10.0 Å². The topological polar surface area (TPSA) is 155 Å². The Morgan fingerprint density at radius 1 is 1.12 bits per heavy atom. The van der Waals surface area contributed by atoms with Crippen molar-refractivity contribution >= 4 is 30.6 Å². The lowest BCUT2D eigenvalue weighted by Crippen LogP contribution is -2.47. The lowest BCUT2D eigenvalue weighted by Gasteiger charge is -2.38. The first kappa shape index (κ1) is 29.8. The molecule has 11 nitrogen and oxygen atoms in total. The molecule has 1 aromatic heterocycles. The summed E-state index contributed by atoms with van der Waals surface area (Å²) in [5.41, 5.74) is -0.408. The summed E-state index contributed by atoms with van der Waals surface area (Å²) in [7, 11) is -7.27. The third kappa shape index (κ3) is 6.72. The van der Waals surface area contributed by atoms with Crippen LogP contribution in [0.15, 0.2) is 70.7 Å². The molecule has 3 heterocycles. The second-order valence-electron chi connectivity index (χ2n) is 10.5. The van der Waals surface area contributed by atoms with Crippen molar-refractivity contribution in [2.45, 2.75) is 46.8 Å². The predicted octanol–water partition coefficient (Wildman–Crippen LogP) is 1.34. The van der Waals surface area contributed by atoms with E-state index in [0.29, 0.717) is 50.1 Å². The highest BCUT2D eigenvalue weighted by atomic mass is 32.2. The molecular weight excluding hydrogens is 570 g/mol. The molecule has 0 amide bonds. The van der Waals surface area contributed by atoms with Crippen LogP contribution in [0.1, 0.15) is 19.3 Å². The Balaban J connectivity index is 1.10. The summed E-state index contributed by atoms with van der Waals surface area (Å²) in [5, 5.41) is 24.2. The van der Waals surface area contributed by atoms with Crippen molar-refractivity contribution in [1.29, 1.82) is 0 Å². The number of nitrogens with one attached hydrogen (secondary N) is 1. The van der Waals surface area contributed by atoms with Crippen molar-refractivity contribution in [1.82, 2.24) is 14.6 Å². The normalized spacial score (nSPS) is 20.4. The molecule has 1 spiro atoms. The lowest BCUT2D eigenvalue weighted by molar-refractivity contribution is -0.0312. The van der Waals surface area contributed by atoms with Crippen molar-refractivity contribution in [3.05, 3.63) is 60.9 Å². The monoisotopic (exact) mass is 605 g/mol. The van der Waals surface area contributed by atoms with Gasteiger partial charge < -0.3 is 25.0 Å². The Kier molecular flexibility index (Phi) is 8.95. The molecule has 5 rings (SSSR count). The van der Waals surface area contributed by atoms with Crippen molar-refractivity contribution in [2.75, 3.05) is 45.2 Å². The zero-order chi connectivity index (χ0) is 29.1. The zero-order valence-electron chi connectivity index (χ0n) is 22.6. The van der Waals surface area contributed by atoms with Gasteiger partial charge in [-0.15, -0.1) is 0 Å². The van der Waals surface area contributed by atoms with Crippen LogP contribution in [0.4, 0.5) is 0 Å². The molecule has 2 fully saturated rings. The number of benzene rings is 2. The number of sulfonamides is 1. The van der Waals surface area contributed by atoms with Crippen LogP contribution in [0.5, 0.6) is 5.75 Å². The van der Waals surface area contributed by atoms with E-state index in [-0.39, 0.29) is 34.7 Å². The molecule has 222 valence electrons. The minimum absolute atomic E-state index is 0.00493. The highest BCUT2D eigenvalue weighted by Gasteiger charge is 2.45. The van der Waals surface area contributed by atoms with Gasteiger partial charge in [0, 0.05) is 48.8 Å². The second-order valence-corrected chi connectivity index (χ2v) is 14.6. The number of aliphatic hydroxyl groups is 2. The number of aromatic nitrogens is 1. The van der Waals surface area contributed by atoms with Gasteiger partial charge in [-0.05, 0) is 49.6 Å². The Morgan fingerprint density at radius 3 is 2.68 bits per heavy atom. The van der Waals surface area contributed by atoms with E-state index in [1.807, 2.05) is 6.07 Å². The minimum atomic E-state index is -3.67. The van der Waals surface area contributed by atoms with Crippen molar-refractivity contribution < 1.29 is 36.5 Å². The van der Waals surface area contributed by atoms with E-state index in [1.165, 1.54) is 16.4 Å². The number of hydrogen-bond acceptors (Lipinski definition) is 10. The van der Waals surface area contributed by atoms with E-state index < -0.39 is 38.2 Å². The summed E-state index contributed by atoms with van der Waals surface area (Å²) in [6.45, 7) is 0.932. The van der Waals surface area contributed by atoms with Crippen LogP contribution >= 0.6 is 0 Å². The Hall–Kier alpha value is -2.65. The fourth-order valence-electron chi connectivity index (χ4n) is 5.46. The molecule has 0 saturated carbocycles. The number of rotatable bonds is 11. The summed E-state index contributed by atoms with van der Waals surface area (Å²) in [5.74, 6) is -0.0581. The number of ether oxygens (including phenoxy) is 2. The summed E-state index contributed by atoms with van der Waals surface area (Å²) in [6.07, 6.45) is 4.29. The number of piperidine rings is 1. The number of fused-ring (bicyclic) bond motifs is 1. The largest absolute Gasteiger partial charge is 0.491 e. The van der Waals surface area contributed by atoms with Crippen molar-refractivity contribution in [2.24, 2.45) is 0 Å². The molecule has 0 bridgehead atoms. The highest BCUT2D eigenvalue weighted by molar-refractivity contribution is 7.91. The fourth-order valence-corrected chi connectivity index (χ4v) is 8.18. The maximum absolute atomic E-state index is 13.5. The molecule has 13 heteroatoms. The van der Waals surface area contributed by atoms with Gasteiger partial charge in [-0.2, -0.15) is 4.31 Å². The molecule has 2 aliphatic rings. The number of pyridine rings is 1. The van der Waals surface area contributed by atoms with E-state index in [4.69, 9.17) is 14.6 Å². The quantitative estimate of drug-likeness (QED) is 0.292. The smallest absolute Gasteiger partial charge is 0.243 e. The summed E-state index contributed by atoms with van der Waals surface area (Å²) >= 11 is 0. The predicted molar refractivity (Wildman–Crippen MR) is 152 cm³/mol. The van der Waals surface area contributed by atoms with Gasteiger partial charge in [-0.3, -0.25) is 4.98 Å². The molecule has 0 unspecified atom stereocenters. The molecule has 3 N–H and O–H groups in total. The Bertz CT molecular complexity index is 1570. The van der Waals surface area contributed by atoms with Crippen LogP contribution in [0.3, 0.4) is 0 Å². The van der Waals surface area contributed by atoms with Crippen molar-refractivity contribution in [3.8, 4) is 5.75 Å². The van der Waals surface area contributed by atoms with Gasteiger partial charge in [0.25, 0.3) is 0 Å². The number of sulfone groups is 1. The van der Waals surface area contributed by atoms with Crippen LogP contribution in [-0.4, -0.2) is 99.3 Å². The lowest BCUT2D eigenvalue weighted by atomic mass is 9.88. The van der Waals surface area contributed by atoms with Crippen LogP contribution < -0.4 is 10.1 Å². The number of hydrogen-bond donors (Lipinski definition) is 3. The molecule has 0 aliphatic carbocycles. The first-order chi connectivity index (χ1) is 19.6. The highest BCUT2D eigenvalue weighted by Crippen LogP contribution is 2.38. The number of aliphatic hydroxyl groups excluding tert-OH is 2.